The van der Waals surface area contributed by atoms with Crippen LogP contribution < -0.4 is 0 Å². The summed E-state index contributed by atoms with van der Waals surface area (Å²) in [5, 5.41) is 11.7. The monoisotopic (exact) mass is 476 g/mol. The van der Waals surface area contributed by atoms with Gasteiger partial charge in [-0.05, 0) is 37.5 Å². The van der Waals surface area contributed by atoms with Gasteiger partial charge in [0, 0.05) is 11.6 Å². The number of thiazole rings is 1. The lowest BCUT2D eigenvalue weighted by molar-refractivity contribution is -0.132. The minimum Gasteiger partial charge on any atom is -0.503 e. The van der Waals surface area contributed by atoms with Gasteiger partial charge in [0.2, 0.25) is 5.78 Å². The number of aliphatic hydroxyl groups is 1. The number of aromatic nitrogens is 1. The van der Waals surface area contributed by atoms with E-state index >= 15 is 0 Å². The molecule has 5 rings (SSSR count). The van der Waals surface area contributed by atoms with E-state index in [0.29, 0.717) is 21.1 Å². The second-order valence-corrected chi connectivity index (χ2v) is 9.85. The number of nitrogens with zero attached hydrogens (tertiary/aromatic N) is 2. The van der Waals surface area contributed by atoms with Crippen molar-refractivity contribution in [3.8, 4) is 10.6 Å². The van der Waals surface area contributed by atoms with E-state index < -0.39 is 29.3 Å². The molecule has 0 bridgehead atoms. The zero-order valence-corrected chi connectivity index (χ0v) is 19.6. The van der Waals surface area contributed by atoms with E-state index in [4.69, 9.17) is 0 Å². The molecule has 0 spiro atoms. The standard InChI is InChI=1S/C27H25FN2O3S/c1-16-25(34-26(29-16)18-8-4-2-5-9-18)23(31)21-22(17-12-14-19(28)15-13-17)30(27(33)24(21)32)20-10-6-3-7-11-20/h2,4-5,8-9,12-15,20,22,32H,3,6-7,10-11H2,1H3. The van der Waals surface area contributed by atoms with Crippen molar-refractivity contribution in [3.63, 3.8) is 0 Å². The zero-order chi connectivity index (χ0) is 23.8. The Morgan fingerprint density at radius 2 is 1.74 bits per heavy atom. The van der Waals surface area contributed by atoms with Crippen LogP contribution in [-0.2, 0) is 4.79 Å². The van der Waals surface area contributed by atoms with Gasteiger partial charge in [-0.25, -0.2) is 9.37 Å². The molecule has 1 atom stereocenters. The molecule has 5 nitrogen and oxygen atoms in total. The zero-order valence-electron chi connectivity index (χ0n) is 18.8. The molecule has 7 heteroatoms. The van der Waals surface area contributed by atoms with Crippen LogP contribution in [0.5, 0.6) is 0 Å². The SMILES string of the molecule is Cc1nc(-c2ccccc2)sc1C(=O)C1=C(O)C(=O)N(C2CCCCC2)C1c1ccc(F)cc1. The minimum atomic E-state index is -0.759. The van der Waals surface area contributed by atoms with Gasteiger partial charge in [-0.3, -0.25) is 9.59 Å². The van der Waals surface area contributed by atoms with Crippen molar-refractivity contribution in [2.75, 3.05) is 0 Å². The quantitative estimate of drug-likeness (QED) is 0.447. The highest BCUT2D eigenvalue weighted by molar-refractivity contribution is 7.17. The molecule has 174 valence electrons. The molecule has 1 aliphatic heterocycles. The molecule has 1 N–H and O–H groups in total. The first-order valence-corrected chi connectivity index (χ1v) is 12.4. The van der Waals surface area contributed by atoms with Crippen LogP contribution in [-0.4, -0.2) is 32.7 Å². The lowest BCUT2D eigenvalue weighted by atomic mass is 9.90. The van der Waals surface area contributed by atoms with Crippen LogP contribution in [0.4, 0.5) is 4.39 Å². The Balaban J connectivity index is 1.58. The van der Waals surface area contributed by atoms with Crippen molar-refractivity contribution in [1.29, 1.82) is 0 Å². The number of aliphatic hydroxyl groups excluding tert-OH is 1. The van der Waals surface area contributed by atoms with Crippen LogP contribution in [0.25, 0.3) is 10.6 Å². The number of hydrogen-bond donors (Lipinski definition) is 1. The number of ketones is 1. The summed E-state index contributed by atoms with van der Waals surface area (Å²) in [6.45, 7) is 1.76. The second-order valence-electron chi connectivity index (χ2n) is 8.85. The van der Waals surface area contributed by atoms with Crippen LogP contribution in [0.2, 0.25) is 0 Å². The molecule has 3 aromatic rings. The molecule has 1 saturated carbocycles. The van der Waals surface area contributed by atoms with Crippen LogP contribution in [0.15, 0.2) is 65.9 Å². The first-order chi connectivity index (χ1) is 16.5. The predicted molar refractivity (Wildman–Crippen MR) is 129 cm³/mol. The summed E-state index contributed by atoms with van der Waals surface area (Å²) >= 11 is 1.25. The number of carbonyl (C=O) groups is 2. The summed E-state index contributed by atoms with van der Waals surface area (Å²) in [5.41, 5.74) is 2.11. The van der Waals surface area contributed by atoms with Crippen LogP contribution in [0.1, 0.15) is 59.1 Å². The van der Waals surface area contributed by atoms with Crippen molar-refractivity contribution in [2.45, 2.75) is 51.1 Å². The van der Waals surface area contributed by atoms with E-state index in [2.05, 4.69) is 4.98 Å². The van der Waals surface area contributed by atoms with Gasteiger partial charge in [0.05, 0.1) is 22.2 Å². The van der Waals surface area contributed by atoms with Crippen LogP contribution in [0.3, 0.4) is 0 Å². The molecule has 2 aromatic carbocycles. The van der Waals surface area contributed by atoms with Crippen LogP contribution >= 0.6 is 11.3 Å². The maximum atomic E-state index is 13.8. The third-order valence-corrected chi connectivity index (χ3v) is 7.87. The van der Waals surface area contributed by atoms with Crippen molar-refractivity contribution in [1.82, 2.24) is 9.88 Å². The third-order valence-electron chi connectivity index (χ3n) is 6.67. The van der Waals surface area contributed by atoms with Crippen molar-refractivity contribution in [3.05, 3.63) is 87.9 Å². The molecule has 0 radical (unpaired) electrons. The van der Waals surface area contributed by atoms with Gasteiger partial charge in [0.25, 0.3) is 5.91 Å². The number of benzene rings is 2. The topological polar surface area (TPSA) is 70.5 Å². The highest BCUT2D eigenvalue weighted by Crippen LogP contribution is 2.44. The largest absolute Gasteiger partial charge is 0.503 e. The average molecular weight is 477 g/mol. The fourth-order valence-corrected chi connectivity index (χ4v) is 6.02. The molecular weight excluding hydrogens is 451 g/mol. The van der Waals surface area contributed by atoms with E-state index in [1.54, 1.807) is 24.0 Å². The Hall–Kier alpha value is -3.32. The van der Waals surface area contributed by atoms with E-state index in [9.17, 15) is 19.1 Å². The molecule has 0 saturated heterocycles. The van der Waals surface area contributed by atoms with E-state index in [0.717, 1.165) is 37.7 Å². The fraction of sp³-hybridized carbons (Fsp3) is 0.296. The fourth-order valence-electron chi connectivity index (χ4n) is 5.00. The highest BCUT2D eigenvalue weighted by atomic mass is 32.1. The summed E-state index contributed by atoms with van der Waals surface area (Å²) in [4.78, 5) is 33.8. The molecule has 1 unspecified atom stereocenters. The molecule has 1 amide bonds. The van der Waals surface area contributed by atoms with Gasteiger partial charge < -0.3 is 10.0 Å². The Labute approximate surface area is 201 Å². The number of aryl methyl sites for hydroxylation is 1. The van der Waals surface area contributed by atoms with Gasteiger partial charge in [-0.2, -0.15) is 0 Å². The summed E-state index contributed by atoms with van der Waals surface area (Å²) in [6, 6.07) is 14.6. The molecule has 1 aromatic heterocycles. The summed E-state index contributed by atoms with van der Waals surface area (Å²) in [7, 11) is 0. The minimum absolute atomic E-state index is 0.0496. The smallest absolute Gasteiger partial charge is 0.290 e. The number of Topliss-reactive ketones (excluding diaryl/α,β-unsaturated/α-hetero) is 1. The van der Waals surface area contributed by atoms with Crippen molar-refractivity contribution < 1.29 is 19.1 Å². The molecule has 1 fully saturated rings. The maximum Gasteiger partial charge on any atom is 0.290 e. The highest BCUT2D eigenvalue weighted by Gasteiger charge is 2.47. The van der Waals surface area contributed by atoms with Gasteiger partial charge in [0.15, 0.2) is 5.76 Å². The Bertz CT molecular complexity index is 1260. The van der Waals surface area contributed by atoms with Gasteiger partial charge in [0.1, 0.15) is 10.8 Å². The first-order valence-electron chi connectivity index (χ1n) is 11.5. The third kappa shape index (κ3) is 3.94. The molecule has 1 aliphatic carbocycles. The van der Waals surface area contributed by atoms with E-state index in [1.807, 2.05) is 30.3 Å². The molecule has 34 heavy (non-hydrogen) atoms. The van der Waals surface area contributed by atoms with Crippen molar-refractivity contribution in [2.24, 2.45) is 0 Å². The number of rotatable bonds is 5. The number of amides is 1. The van der Waals surface area contributed by atoms with Crippen molar-refractivity contribution >= 4 is 23.0 Å². The predicted octanol–water partition coefficient (Wildman–Crippen LogP) is 6.17. The van der Waals surface area contributed by atoms with E-state index in [-0.39, 0.29) is 11.6 Å². The van der Waals surface area contributed by atoms with Gasteiger partial charge in [-0.15, -0.1) is 11.3 Å². The lowest BCUT2D eigenvalue weighted by Crippen LogP contribution is -2.41. The Kier molecular flexibility index (Phi) is 6.04. The summed E-state index contributed by atoms with van der Waals surface area (Å²) in [6.07, 6.45) is 4.71. The number of carbonyl (C=O) groups excluding carboxylic acids is 2. The maximum absolute atomic E-state index is 13.8. The number of halogens is 1. The first kappa shape index (κ1) is 22.5. The normalized spacial score (nSPS) is 19.2. The molecule has 2 heterocycles. The van der Waals surface area contributed by atoms with Crippen LogP contribution in [0, 0.1) is 12.7 Å². The average Bonchev–Trinajstić information content (AvgIpc) is 3.38. The molecule has 2 aliphatic rings. The summed E-state index contributed by atoms with van der Waals surface area (Å²) < 4.78 is 13.7. The second kappa shape index (κ2) is 9.14. The Morgan fingerprint density at radius 3 is 2.41 bits per heavy atom. The molecular formula is C27H25FN2O3S. The lowest BCUT2D eigenvalue weighted by Gasteiger charge is -2.36. The van der Waals surface area contributed by atoms with E-state index in [1.165, 1.54) is 23.5 Å². The number of hydrogen-bond acceptors (Lipinski definition) is 5. The van der Waals surface area contributed by atoms with Gasteiger partial charge >= 0.3 is 0 Å². The Morgan fingerprint density at radius 1 is 1.06 bits per heavy atom. The summed E-state index contributed by atoms with van der Waals surface area (Å²) in [5.74, 6) is -1.85. The van der Waals surface area contributed by atoms with Gasteiger partial charge in [-0.1, -0.05) is 61.7 Å².